The van der Waals surface area contributed by atoms with Crippen LogP contribution in [0.4, 0.5) is 0 Å². The topological polar surface area (TPSA) is 0 Å². The highest BCUT2D eigenvalue weighted by Gasteiger charge is 2.22. The first-order valence-corrected chi connectivity index (χ1v) is 4.07. The molecule has 1 fully saturated rings. The molecular weight excluding hydrogens is 120 g/mol. The zero-order valence-corrected chi connectivity index (χ0v) is 6.77. The largest absolute Gasteiger partial charge is 0.102 e. The summed E-state index contributed by atoms with van der Waals surface area (Å²) < 4.78 is 0. The summed E-state index contributed by atoms with van der Waals surface area (Å²) in [4.78, 5) is 0. The fourth-order valence-electron chi connectivity index (χ4n) is 1.30. The molecule has 0 nitrogen and oxygen atoms in total. The Labute approximate surface area is 63.6 Å². The SMILES string of the molecule is C=CC(C)C(=C)C1CCC1. The lowest BCUT2D eigenvalue weighted by Crippen LogP contribution is -2.16. The van der Waals surface area contributed by atoms with Crippen LogP contribution in [0.1, 0.15) is 26.2 Å². The molecule has 56 valence electrons. The molecule has 0 spiro atoms. The van der Waals surface area contributed by atoms with Gasteiger partial charge in [0, 0.05) is 0 Å². The van der Waals surface area contributed by atoms with E-state index >= 15 is 0 Å². The van der Waals surface area contributed by atoms with Gasteiger partial charge in [-0.1, -0.05) is 31.6 Å². The molecule has 0 aliphatic heterocycles. The van der Waals surface area contributed by atoms with Crippen molar-refractivity contribution in [3.63, 3.8) is 0 Å². The zero-order valence-electron chi connectivity index (χ0n) is 6.77. The van der Waals surface area contributed by atoms with Crippen molar-refractivity contribution in [2.75, 3.05) is 0 Å². The Bertz CT molecular complexity index is 140. The maximum Gasteiger partial charge on any atom is -0.00543 e. The van der Waals surface area contributed by atoms with E-state index in [1.54, 1.807) is 0 Å². The van der Waals surface area contributed by atoms with E-state index in [-0.39, 0.29) is 0 Å². The number of rotatable bonds is 3. The summed E-state index contributed by atoms with van der Waals surface area (Å²) in [5.41, 5.74) is 1.39. The van der Waals surface area contributed by atoms with Crippen LogP contribution in [0.25, 0.3) is 0 Å². The van der Waals surface area contributed by atoms with Gasteiger partial charge in [-0.15, -0.1) is 6.58 Å². The van der Waals surface area contributed by atoms with Gasteiger partial charge in [-0.2, -0.15) is 0 Å². The predicted molar refractivity (Wildman–Crippen MR) is 45.8 cm³/mol. The monoisotopic (exact) mass is 136 g/mol. The molecular formula is C10H16. The summed E-state index contributed by atoms with van der Waals surface area (Å²) >= 11 is 0. The third-order valence-corrected chi connectivity index (χ3v) is 2.57. The highest BCUT2D eigenvalue weighted by Crippen LogP contribution is 2.35. The molecule has 0 aromatic rings. The maximum atomic E-state index is 4.08. The molecule has 0 amide bonds. The van der Waals surface area contributed by atoms with E-state index in [2.05, 4.69) is 20.1 Å². The Balaban J connectivity index is 2.39. The van der Waals surface area contributed by atoms with Gasteiger partial charge in [0.15, 0.2) is 0 Å². The van der Waals surface area contributed by atoms with E-state index in [4.69, 9.17) is 0 Å². The number of hydrogen-bond donors (Lipinski definition) is 0. The van der Waals surface area contributed by atoms with Crippen LogP contribution in [-0.4, -0.2) is 0 Å². The molecule has 1 atom stereocenters. The van der Waals surface area contributed by atoms with Crippen LogP contribution >= 0.6 is 0 Å². The smallest absolute Gasteiger partial charge is 0.00543 e. The fraction of sp³-hybridized carbons (Fsp3) is 0.600. The van der Waals surface area contributed by atoms with Crippen molar-refractivity contribution in [1.29, 1.82) is 0 Å². The molecule has 1 rings (SSSR count). The molecule has 10 heavy (non-hydrogen) atoms. The summed E-state index contributed by atoms with van der Waals surface area (Å²) in [5, 5.41) is 0. The van der Waals surface area contributed by atoms with Crippen molar-refractivity contribution in [2.45, 2.75) is 26.2 Å². The second kappa shape index (κ2) is 3.05. The van der Waals surface area contributed by atoms with E-state index in [1.807, 2.05) is 6.08 Å². The van der Waals surface area contributed by atoms with Crippen LogP contribution in [0.2, 0.25) is 0 Å². The second-order valence-electron chi connectivity index (χ2n) is 3.23. The lowest BCUT2D eigenvalue weighted by molar-refractivity contribution is 0.351. The molecule has 0 aromatic heterocycles. The van der Waals surface area contributed by atoms with E-state index in [0.29, 0.717) is 5.92 Å². The van der Waals surface area contributed by atoms with Crippen molar-refractivity contribution in [1.82, 2.24) is 0 Å². The Kier molecular flexibility index (Phi) is 2.31. The minimum Gasteiger partial charge on any atom is -0.102 e. The Morgan fingerprint density at radius 2 is 2.20 bits per heavy atom. The third kappa shape index (κ3) is 1.31. The average Bonchev–Trinajstić information content (AvgIpc) is 1.82. The quantitative estimate of drug-likeness (QED) is 0.523. The minimum atomic E-state index is 0.519. The van der Waals surface area contributed by atoms with Gasteiger partial charge in [0.1, 0.15) is 0 Å². The van der Waals surface area contributed by atoms with Crippen LogP contribution in [-0.2, 0) is 0 Å². The van der Waals surface area contributed by atoms with E-state index in [0.717, 1.165) is 5.92 Å². The van der Waals surface area contributed by atoms with E-state index in [9.17, 15) is 0 Å². The molecule has 0 bridgehead atoms. The average molecular weight is 136 g/mol. The summed E-state index contributed by atoms with van der Waals surface area (Å²) in [7, 11) is 0. The first kappa shape index (κ1) is 7.59. The van der Waals surface area contributed by atoms with Crippen LogP contribution < -0.4 is 0 Å². The molecule has 0 radical (unpaired) electrons. The highest BCUT2D eigenvalue weighted by atomic mass is 14.3. The standard InChI is InChI=1S/C10H16/c1-4-8(2)9(3)10-6-5-7-10/h4,8,10H,1,3,5-7H2,2H3. The van der Waals surface area contributed by atoms with Gasteiger partial charge < -0.3 is 0 Å². The molecule has 1 aliphatic carbocycles. The van der Waals surface area contributed by atoms with Crippen molar-refractivity contribution >= 4 is 0 Å². The van der Waals surface area contributed by atoms with Gasteiger partial charge in [0.2, 0.25) is 0 Å². The normalized spacial score (nSPS) is 21.3. The van der Waals surface area contributed by atoms with E-state index in [1.165, 1.54) is 24.8 Å². The van der Waals surface area contributed by atoms with Gasteiger partial charge >= 0.3 is 0 Å². The lowest BCUT2D eigenvalue weighted by Gasteiger charge is -2.29. The Hall–Kier alpha value is -0.520. The van der Waals surface area contributed by atoms with Gasteiger partial charge in [-0.25, -0.2) is 0 Å². The maximum absolute atomic E-state index is 4.08. The van der Waals surface area contributed by atoms with Crippen LogP contribution in [0.3, 0.4) is 0 Å². The van der Waals surface area contributed by atoms with Crippen molar-refractivity contribution in [3.8, 4) is 0 Å². The van der Waals surface area contributed by atoms with Crippen molar-refractivity contribution in [3.05, 3.63) is 24.8 Å². The predicted octanol–water partition coefficient (Wildman–Crippen LogP) is 3.16. The summed E-state index contributed by atoms with van der Waals surface area (Å²) in [6.45, 7) is 10.0. The lowest BCUT2D eigenvalue weighted by atomic mass is 9.76. The van der Waals surface area contributed by atoms with Crippen LogP contribution in [0.5, 0.6) is 0 Å². The summed E-state index contributed by atoms with van der Waals surface area (Å²) in [6, 6.07) is 0. The molecule has 0 saturated heterocycles. The number of hydrogen-bond acceptors (Lipinski definition) is 0. The molecule has 0 heterocycles. The summed E-state index contributed by atoms with van der Waals surface area (Å²) in [6.07, 6.45) is 6.10. The molecule has 1 aliphatic rings. The van der Waals surface area contributed by atoms with Gasteiger partial charge in [0.25, 0.3) is 0 Å². The van der Waals surface area contributed by atoms with E-state index < -0.39 is 0 Å². The number of allylic oxidation sites excluding steroid dienone is 2. The zero-order chi connectivity index (χ0) is 7.56. The Morgan fingerprint density at radius 1 is 1.60 bits per heavy atom. The first-order valence-electron chi connectivity index (χ1n) is 4.07. The van der Waals surface area contributed by atoms with Crippen LogP contribution in [0, 0.1) is 11.8 Å². The fourth-order valence-corrected chi connectivity index (χ4v) is 1.30. The molecule has 0 heteroatoms. The molecule has 0 N–H and O–H groups in total. The van der Waals surface area contributed by atoms with Gasteiger partial charge in [0.05, 0.1) is 0 Å². The second-order valence-corrected chi connectivity index (χ2v) is 3.23. The molecule has 1 saturated carbocycles. The molecule has 0 aromatic carbocycles. The third-order valence-electron chi connectivity index (χ3n) is 2.57. The van der Waals surface area contributed by atoms with Crippen molar-refractivity contribution < 1.29 is 0 Å². The Morgan fingerprint density at radius 3 is 2.50 bits per heavy atom. The van der Waals surface area contributed by atoms with Crippen LogP contribution in [0.15, 0.2) is 24.8 Å². The van der Waals surface area contributed by atoms with Gasteiger partial charge in [-0.3, -0.25) is 0 Å². The van der Waals surface area contributed by atoms with Crippen molar-refractivity contribution in [2.24, 2.45) is 11.8 Å². The highest BCUT2D eigenvalue weighted by molar-refractivity contribution is 5.12. The molecule has 1 unspecified atom stereocenters. The minimum absolute atomic E-state index is 0.519. The first-order chi connectivity index (χ1) is 4.75. The summed E-state index contributed by atoms with van der Waals surface area (Å²) in [5.74, 6) is 1.33. The van der Waals surface area contributed by atoms with Gasteiger partial charge in [-0.05, 0) is 24.7 Å².